The van der Waals surface area contributed by atoms with E-state index in [0.717, 1.165) is 14.4 Å². The SMILES string of the molecule is Cc1ccc(Nc2ccc3c(CN(C)C(=O)O)cn(S(=O)(=O)c4ccccc4)c3c2)c(F)c1. The summed E-state index contributed by atoms with van der Waals surface area (Å²) in [6, 6.07) is 17.8. The molecule has 1 heterocycles. The van der Waals surface area contributed by atoms with Gasteiger partial charge in [0.15, 0.2) is 0 Å². The van der Waals surface area contributed by atoms with Crippen molar-refractivity contribution in [2.24, 2.45) is 0 Å². The highest BCUT2D eigenvalue weighted by molar-refractivity contribution is 7.90. The van der Waals surface area contributed by atoms with Crippen LogP contribution in [0.25, 0.3) is 10.9 Å². The minimum atomic E-state index is -3.96. The summed E-state index contributed by atoms with van der Waals surface area (Å²) in [6.07, 6.45) is 0.304. The molecule has 0 atom stereocenters. The zero-order valence-corrected chi connectivity index (χ0v) is 18.8. The Kier molecular flexibility index (Phi) is 5.82. The number of carbonyl (C=O) groups is 1. The number of halogens is 1. The first-order valence-corrected chi connectivity index (χ1v) is 11.5. The van der Waals surface area contributed by atoms with Crippen LogP contribution in [0.3, 0.4) is 0 Å². The predicted octanol–water partition coefficient (Wildman–Crippen LogP) is 5.18. The van der Waals surface area contributed by atoms with Crippen LogP contribution in [0.15, 0.2) is 77.8 Å². The van der Waals surface area contributed by atoms with Gasteiger partial charge in [0.05, 0.1) is 22.6 Å². The summed E-state index contributed by atoms with van der Waals surface area (Å²) in [5.74, 6) is -0.425. The molecule has 2 N–H and O–H groups in total. The molecule has 9 heteroatoms. The van der Waals surface area contributed by atoms with E-state index in [4.69, 9.17) is 0 Å². The summed E-state index contributed by atoms with van der Waals surface area (Å²) in [5.41, 5.74) is 2.41. The van der Waals surface area contributed by atoms with Crippen LogP contribution in [0.4, 0.5) is 20.6 Å². The van der Waals surface area contributed by atoms with Crippen LogP contribution in [-0.4, -0.2) is 35.5 Å². The molecule has 0 saturated heterocycles. The molecular weight excluding hydrogens is 445 g/mol. The maximum Gasteiger partial charge on any atom is 0.407 e. The Labute approximate surface area is 190 Å². The molecule has 0 bridgehead atoms. The fraction of sp³-hybridized carbons (Fsp3) is 0.125. The second-order valence-electron chi connectivity index (χ2n) is 7.75. The van der Waals surface area contributed by atoms with Gasteiger partial charge < -0.3 is 15.3 Å². The smallest absolute Gasteiger partial charge is 0.407 e. The first-order valence-electron chi connectivity index (χ1n) is 10.1. The maximum absolute atomic E-state index is 14.3. The second kappa shape index (κ2) is 8.59. The molecule has 4 aromatic rings. The average Bonchev–Trinajstić information content (AvgIpc) is 3.14. The molecule has 4 rings (SSSR count). The van der Waals surface area contributed by atoms with Crippen LogP contribution in [-0.2, 0) is 16.6 Å². The number of hydrogen-bond acceptors (Lipinski definition) is 4. The molecule has 0 fully saturated rings. The molecule has 0 spiro atoms. The fourth-order valence-electron chi connectivity index (χ4n) is 3.57. The molecule has 33 heavy (non-hydrogen) atoms. The Morgan fingerprint density at radius 1 is 1.09 bits per heavy atom. The van der Waals surface area contributed by atoms with E-state index in [-0.39, 0.29) is 17.1 Å². The van der Waals surface area contributed by atoms with Crippen molar-refractivity contribution >= 4 is 38.4 Å². The number of aromatic nitrogens is 1. The normalized spacial score (nSPS) is 11.5. The molecule has 170 valence electrons. The first kappa shape index (κ1) is 22.3. The Morgan fingerprint density at radius 2 is 1.82 bits per heavy atom. The zero-order valence-electron chi connectivity index (χ0n) is 18.0. The summed E-state index contributed by atoms with van der Waals surface area (Å²) in [4.78, 5) is 12.5. The minimum absolute atomic E-state index is 0.00249. The van der Waals surface area contributed by atoms with Crippen molar-refractivity contribution in [1.82, 2.24) is 8.87 Å². The largest absolute Gasteiger partial charge is 0.465 e. The van der Waals surface area contributed by atoms with Gasteiger partial charge in [-0.15, -0.1) is 0 Å². The van der Waals surface area contributed by atoms with Crippen LogP contribution < -0.4 is 5.32 Å². The van der Waals surface area contributed by atoms with Crippen molar-refractivity contribution < 1.29 is 22.7 Å². The van der Waals surface area contributed by atoms with E-state index in [1.165, 1.54) is 31.4 Å². The molecule has 0 aliphatic carbocycles. The van der Waals surface area contributed by atoms with Crippen LogP contribution in [0, 0.1) is 12.7 Å². The molecule has 1 amide bonds. The molecule has 7 nitrogen and oxygen atoms in total. The van der Waals surface area contributed by atoms with E-state index in [0.29, 0.717) is 22.2 Å². The van der Waals surface area contributed by atoms with E-state index in [2.05, 4.69) is 5.32 Å². The lowest BCUT2D eigenvalue weighted by Gasteiger charge is -2.12. The Hall–Kier alpha value is -3.85. The topological polar surface area (TPSA) is 91.6 Å². The Balaban J connectivity index is 1.86. The number of benzene rings is 3. The monoisotopic (exact) mass is 467 g/mol. The third-order valence-corrected chi connectivity index (χ3v) is 6.98. The van der Waals surface area contributed by atoms with Gasteiger partial charge >= 0.3 is 6.09 Å². The van der Waals surface area contributed by atoms with Gasteiger partial charge in [-0.3, -0.25) is 0 Å². The number of nitrogens with zero attached hydrogens (tertiary/aromatic N) is 2. The van der Waals surface area contributed by atoms with Gasteiger partial charge in [-0.05, 0) is 54.4 Å². The van der Waals surface area contributed by atoms with Gasteiger partial charge in [0.25, 0.3) is 10.0 Å². The molecule has 1 aromatic heterocycles. The number of rotatable bonds is 6. The lowest BCUT2D eigenvalue weighted by molar-refractivity contribution is 0.154. The van der Waals surface area contributed by atoms with Crippen LogP contribution in [0.2, 0.25) is 0 Å². The summed E-state index contributed by atoms with van der Waals surface area (Å²) in [6.45, 7) is 1.79. The average molecular weight is 468 g/mol. The van der Waals surface area contributed by atoms with Crippen molar-refractivity contribution in [2.45, 2.75) is 18.4 Å². The van der Waals surface area contributed by atoms with E-state index in [1.54, 1.807) is 55.5 Å². The quantitative estimate of drug-likeness (QED) is 0.408. The van der Waals surface area contributed by atoms with Crippen molar-refractivity contribution in [2.75, 3.05) is 12.4 Å². The molecule has 0 unspecified atom stereocenters. The predicted molar refractivity (Wildman–Crippen MR) is 125 cm³/mol. The van der Waals surface area contributed by atoms with Gasteiger partial charge in [0.1, 0.15) is 5.82 Å². The van der Waals surface area contributed by atoms with Gasteiger partial charge in [0.2, 0.25) is 0 Å². The molecule has 3 aromatic carbocycles. The summed E-state index contributed by atoms with van der Waals surface area (Å²) in [7, 11) is -2.55. The molecule has 0 aliphatic rings. The number of hydrogen-bond donors (Lipinski definition) is 2. The highest BCUT2D eigenvalue weighted by Crippen LogP contribution is 2.31. The van der Waals surface area contributed by atoms with Crippen LogP contribution in [0.5, 0.6) is 0 Å². The highest BCUT2D eigenvalue weighted by atomic mass is 32.2. The van der Waals surface area contributed by atoms with E-state index < -0.39 is 21.9 Å². The number of fused-ring (bicyclic) bond motifs is 1. The Morgan fingerprint density at radius 3 is 2.48 bits per heavy atom. The number of amides is 1. The number of anilines is 2. The summed E-state index contributed by atoms with van der Waals surface area (Å²) >= 11 is 0. The van der Waals surface area contributed by atoms with Crippen molar-refractivity contribution in [3.05, 3.63) is 89.9 Å². The van der Waals surface area contributed by atoms with Gasteiger partial charge in [-0.2, -0.15) is 0 Å². The Bertz CT molecular complexity index is 1450. The van der Waals surface area contributed by atoms with Crippen molar-refractivity contribution in [3.63, 3.8) is 0 Å². The van der Waals surface area contributed by atoms with Gasteiger partial charge in [-0.25, -0.2) is 21.6 Å². The van der Waals surface area contributed by atoms with E-state index in [1.807, 2.05) is 0 Å². The third-order valence-electron chi connectivity index (χ3n) is 5.29. The fourth-order valence-corrected chi connectivity index (χ4v) is 4.98. The maximum atomic E-state index is 14.3. The number of aryl methyl sites for hydroxylation is 1. The molecule has 0 aliphatic heterocycles. The minimum Gasteiger partial charge on any atom is -0.465 e. The third kappa shape index (κ3) is 4.40. The molecule has 0 radical (unpaired) electrons. The highest BCUT2D eigenvalue weighted by Gasteiger charge is 2.22. The van der Waals surface area contributed by atoms with Gasteiger partial charge in [-0.1, -0.05) is 30.3 Å². The number of carboxylic acid groups (broad SMARTS) is 1. The lowest BCUT2D eigenvalue weighted by Crippen LogP contribution is -2.23. The van der Waals surface area contributed by atoms with Crippen LogP contribution >= 0.6 is 0 Å². The molecule has 0 saturated carbocycles. The van der Waals surface area contributed by atoms with Gasteiger partial charge in [0, 0.05) is 24.3 Å². The zero-order chi connectivity index (χ0) is 23.8. The first-order chi connectivity index (χ1) is 15.7. The van der Waals surface area contributed by atoms with Crippen LogP contribution in [0.1, 0.15) is 11.1 Å². The summed E-state index contributed by atoms with van der Waals surface area (Å²) in [5, 5.41) is 12.8. The van der Waals surface area contributed by atoms with E-state index in [9.17, 15) is 22.7 Å². The summed E-state index contributed by atoms with van der Waals surface area (Å²) < 4.78 is 42.3. The van der Waals surface area contributed by atoms with Crippen molar-refractivity contribution in [1.29, 1.82) is 0 Å². The molecular formula is C24H22FN3O4S. The van der Waals surface area contributed by atoms with E-state index >= 15 is 0 Å². The number of nitrogens with one attached hydrogen (secondary N) is 1. The second-order valence-corrected chi connectivity index (χ2v) is 9.56. The lowest BCUT2D eigenvalue weighted by atomic mass is 10.1. The standard InChI is InChI=1S/C24H22FN3O4S/c1-16-8-11-22(21(25)12-16)26-18-9-10-20-17(14-27(2)24(29)30)15-28(23(20)13-18)33(31,32)19-6-4-3-5-7-19/h3-13,15,26H,14H2,1-2H3,(H,29,30). The van der Waals surface area contributed by atoms with Crippen molar-refractivity contribution in [3.8, 4) is 0 Å².